The van der Waals surface area contributed by atoms with Gasteiger partial charge in [0.1, 0.15) is 16.9 Å². The van der Waals surface area contributed by atoms with Crippen LogP contribution >= 0.6 is 11.8 Å². The third kappa shape index (κ3) is 4.18. The summed E-state index contributed by atoms with van der Waals surface area (Å²) < 4.78 is 92.6. The molecule has 4 aromatic rings. The lowest BCUT2D eigenvalue weighted by molar-refractivity contribution is -0.0328. The van der Waals surface area contributed by atoms with Crippen molar-refractivity contribution in [3.63, 3.8) is 0 Å². The molecular formula is C20H18F3N5O4S3. The first kappa shape index (κ1) is 24.1. The number of hydrogen-bond acceptors (Lipinski definition) is 8. The summed E-state index contributed by atoms with van der Waals surface area (Å²) in [6, 6.07) is 3.89. The third-order valence-electron chi connectivity index (χ3n) is 5.65. The van der Waals surface area contributed by atoms with Crippen molar-refractivity contribution in [3.05, 3.63) is 30.6 Å². The van der Waals surface area contributed by atoms with E-state index < -0.39 is 30.4 Å². The minimum Gasteiger partial charge on any atom is -0.310 e. The van der Waals surface area contributed by atoms with Crippen LogP contribution in [0.2, 0.25) is 0 Å². The van der Waals surface area contributed by atoms with E-state index in [0.29, 0.717) is 12.8 Å². The van der Waals surface area contributed by atoms with Crippen LogP contribution in [0.25, 0.3) is 28.3 Å². The number of alkyl halides is 3. The van der Waals surface area contributed by atoms with E-state index in [2.05, 4.69) is 15.0 Å². The molecule has 0 N–H and O–H groups in total. The summed E-state index contributed by atoms with van der Waals surface area (Å²) in [7, 11) is -5.87. The van der Waals surface area contributed by atoms with Crippen molar-refractivity contribution in [2.24, 2.45) is 7.05 Å². The Labute approximate surface area is 202 Å². The lowest BCUT2D eigenvalue weighted by atomic mass is 10.4. The van der Waals surface area contributed by atoms with Gasteiger partial charge in [0.2, 0.25) is 0 Å². The van der Waals surface area contributed by atoms with E-state index in [1.54, 1.807) is 7.05 Å². The SMILES string of the molecule is CCS(=O)(=O)c1c(-c2nc3cc(SC(F)(F)F)cnc3n2C)nc2cc(S(=O)(=O)C3CC3)ccn12. The number of aryl methyl sites for hydroxylation is 1. The lowest BCUT2D eigenvalue weighted by Gasteiger charge is -2.06. The molecule has 0 saturated heterocycles. The van der Waals surface area contributed by atoms with Crippen LogP contribution in [0.1, 0.15) is 19.8 Å². The summed E-state index contributed by atoms with van der Waals surface area (Å²) in [6.45, 7) is 1.46. The first-order chi connectivity index (χ1) is 16.3. The molecule has 35 heavy (non-hydrogen) atoms. The second-order valence-corrected chi connectivity index (χ2v) is 13.6. The molecule has 0 aliphatic heterocycles. The smallest absolute Gasteiger partial charge is 0.310 e. The summed E-state index contributed by atoms with van der Waals surface area (Å²) in [5.74, 6) is -0.186. The van der Waals surface area contributed by atoms with Crippen LogP contribution in [0.4, 0.5) is 13.2 Å². The molecule has 0 amide bonds. The molecule has 0 unspecified atom stereocenters. The second kappa shape index (κ2) is 7.93. The van der Waals surface area contributed by atoms with Gasteiger partial charge < -0.3 is 4.57 Å². The highest BCUT2D eigenvalue weighted by Gasteiger charge is 2.37. The minimum atomic E-state index is -4.50. The molecule has 0 aromatic carbocycles. The van der Waals surface area contributed by atoms with Gasteiger partial charge in [0, 0.05) is 30.4 Å². The number of imidazole rings is 2. The summed E-state index contributed by atoms with van der Waals surface area (Å²) in [6.07, 6.45) is 3.56. The van der Waals surface area contributed by atoms with Gasteiger partial charge >= 0.3 is 5.51 Å². The fourth-order valence-electron chi connectivity index (χ4n) is 3.79. The molecule has 1 aliphatic carbocycles. The topological polar surface area (TPSA) is 116 Å². The molecular weight excluding hydrogens is 527 g/mol. The number of hydrogen-bond donors (Lipinski definition) is 0. The zero-order chi connectivity index (χ0) is 25.3. The highest BCUT2D eigenvalue weighted by molar-refractivity contribution is 8.00. The van der Waals surface area contributed by atoms with Crippen LogP contribution in [-0.2, 0) is 26.7 Å². The molecule has 0 spiro atoms. The van der Waals surface area contributed by atoms with Gasteiger partial charge in [-0.2, -0.15) is 13.2 Å². The molecule has 1 fully saturated rings. The summed E-state index contributed by atoms with van der Waals surface area (Å²) in [4.78, 5) is 12.7. The quantitative estimate of drug-likeness (QED) is 0.337. The van der Waals surface area contributed by atoms with Crippen molar-refractivity contribution in [2.45, 2.75) is 45.3 Å². The highest BCUT2D eigenvalue weighted by Crippen LogP contribution is 2.38. The molecule has 0 atom stereocenters. The largest absolute Gasteiger partial charge is 0.446 e. The summed E-state index contributed by atoms with van der Waals surface area (Å²) >= 11 is -0.332. The fourth-order valence-corrected chi connectivity index (χ4v) is 7.15. The predicted molar refractivity (Wildman–Crippen MR) is 123 cm³/mol. The van der Waals surface area contributed by atoms with Gasteiger partial charge in [-0.1, -0.05) is 6.92 Å². The Morgan fingerprint density at radius 1 is 1.14 bits per heavy atom. The van der Waals surface area contributed by atoms with E-state index in [0.717, 1.165) is 6.20 Å². The molecule has 4 heterocycles. The average molecular weight is 546 g/mol. The predicted octanol–water partition coefficient (Wildman–Crippen LogP) is 3.62. The Hall–Kier alpha value is -2.65. The van der Waals surface area contributed by atoms with Gasteiger partial charge in [-0.05, 0) is 36.7 Å². The Kier molecular flexibility index (Phi) is 5.45. The molecule has 1 saturated carbocycles. The number of nitrogens with zero attached hydrogens (tertiary/aromatic N) is 5. The first-order valence-corrected chi connectivity index (χ1v) is 14.4. The third-order valence-corrected chi connectivity index (χ3v) is 10.3. The summed E-state index contributed by atoms with van der Waals surface area (Å²) in [5.41, 5.74) is -4.08. The van der Waals surface area contributed by atoms with E-state index in [1.165, 1.54) is 40.3 Å². The molecule has 4 aromatic heterocycles. The molecule has 1 aliphatic rings. The number of sulfone groups is 2. The van der Waals surface area contributed by atoms with E-state index in [4.69, 9.17) is 0 Å². The Morgan fingerprint density at radius 2 is 1.86 bits per heavy atom. The molecule has 9 nitrogen and oxygen atoms in total. The van der Waals surface area contributed by atoms with Gasteiger partial charge in [-0.15, -0.1) is 0 Å². The second-order valence-electron chi connectivity index (χ2n) is 8.06. The molecule has 0 radical (unpaired) electrons. The minimum absolute atomic E-state index is 0.0432. The Morgan fingerprint density at radius 3 is 2.49 bits per heavy atom. The van der Waals surface area contributed by atoms with E-state index in [9.17, 15) is 30.0 Å². The molecule has 5 rings (SSSR count). The van der Waals surface area contributed by atoms with Crippen molar-refractivity contribution in [1.29, 1.82) is 0 Å². The zero-order valence-corrected chi connectivity index (χ0v) is 20.8. The fraction of sp³-hybridized carbons (Fsp3) is 0.350. The Bertz CT molecular complexity index is 1710. The monoisotopic (exact) mass is 545 g/mol. The first-order valence-electron chi connectivity index (χ1n) is 10.4. The highest BCUT2D eigenvalue weighted by atomic mass is 32.2. The number of halogens is 3. The maximum Gasteiger partial charge on any atom is 0.446 e. The number of pyridine rings is 2. The molecule has 0 bridgehead atoms. The van der Waals surface area contributed by atoms with E-state index in [1.807, 2.05) is 0 Å². The standard InChI is InChI=1S/C20H18F3N5O4S3/c1-3-34(29,30)19-16(26-15-9-13(6-7-28(15)19)35(31,32)12-4-5-12)18-25-14-8-11(33-20(21,22)23)10-24-17(14)27(18)2/h6-10,12H,3-5H2,1-2H3. The summed E-state index contributed by atoms with van der Waals surface area (Å²) in [5, 5.41) is -0.637. The lowest BCUT2D eigenvalue weighted by Crippen LogP contribution is -2.11. The number of aromatic nitrogens is 5. The average Bonchev–Trinajstić information content (AvgIpc) is 3.49. The molecule has 186 valence electrons. The van der Waals surface area contributed by atoms with Crippen LogP contribution in [0.3, 0.4) is 0 Å². The van der Waals surface area contributed by atoms with Gasteiger partial charge in [0.15, 0.2) is 36.2 Å². The van der Waals surface area contributed by atoms with Gasteiger partial charge in [0.25, 0.3) is 0 Å². The van der Waals surface area contributed by atoms with Crippen LogP contribution in [0, 0.1) is 0 Å². The van der Waals surface area contributed by atoms with Gasteiger partial charge in [-0.25, -0.2) is 31.8 Å². The van der Waals surface area contributed by atoms with E-state index in [-0.39, 0.29) is 60.7 Å². The van der Waals surface area contributed by atoms with Crippen molar-refractivity contribution in [2.75, 3.05) is 5.75 Å². The number of rotatable bonds is 6. The van der Waals surface area contributed by atoms with Gasteiger partial charge in [0.05, 0.1) is 15.9 Å². The normalized spacial score (nSPS) is 15.3. The molecule has 15 heteroatoms. The van der Waals surface area contributed by atoms with Crippen molar-refractivity contribution < 1.29 is 30.0 Å². The van der Waals surface area contributed by atoms with Crippen LogP contribution in [-0.4, -0.2) is 57.3 Å². The van der Waals surface area contributed by atoms with Crippen molar-refractivity contribution in [3.8, 4) is 11.5 Å². The van der Waals surface area contributed by atoms with Crippen LogP contribution < -0.4 is 0 Å². The Balaban J connectivity index is 1.73. The maximum atomic E-state index is 13.0. The van der Waals surface area contributed by atoms with Crippen LogP contribution in [0.15, 0.2) is 45.4 Å². The van der Waals surface area contributed by atoms with Crippen molar-refractivity contribution >= 4 is 48.2 Å². The maximum absolute atomic E-state index is 13.0. The number of thioether (sulfide) groups is 1. The number of fused-ring (bicyclic) bond motifs is 2. The van der Waals surface area contributed by atoms with Gasteiger partial charge in [-0.3, -0.25) is 4.40 Å². The zero-order valence-electron chi connectivity index (χ0n) is 18.3. The van der Waals surface area contributed by atoms with Crippen molar-refractivity contribution in [1.82, 2.24) is 23.9 Å². The van der Waals surface area contributed by atoms with E-state index >= 15 is 0 Å². The van der Waals surface area contributed by atoms with Crippen LogP contribution in [0.5, 0.6) is 0 Å².